The Morgan fingerprint density at radius 2 is 2.16 bits per heavy atom. The molecule has 0 radical (unpaired) electrons. The summed E-state index contributed by atoms with van der Waals surface area (Å²) in [6.07, 6.45) is 3.99. The van der Waals surface area contributed by atoms with E-state index in [9.17, 15) is 4.79 Å². The minimum atomic E-state index is -2.47. The Kier molecular flexibility index (Phi) is 5.45. The average Bonchev–Trinajstić information content (AvgIpc) is 3.55. The van der Waals surface area contributed by atoms with Gasteiger partial charge >= 0.3 is 0 Å². The molecule has 3 aromatic heterocycles. The van der Waals surface area contributed by atoms with Crippen molar-refractivity contribution in [1.29, 1.82) is 0 Å². The highest BCUT2D eigenvalue weighted by Gasteiger charge is 2.39. The van der Waals surface area contributed by atoms with Crippen LogP contribution in [0.15, 0.2) is 30.6 Å². The fourth-order valence-corrected chi connectivity index (χ4v) is 3.24. The van der Waals surface area contributed by atoms with Crippen molar-refractivity contribution in [1.82, 2.24) is 25.5 Å². The number of aliphatic hydroxyl groups excluding tert-OH is 1. The van der Waals surface area contributed by atoms with Crippen LogP contribution in [0.4, 0.5) is 11.6 Å². The normalized spacial score (nSPS) is 18.6. The summed E-state index contributed by atoms with van der Waals surface area (Å²) in [4.78, 5) is 20.9. The van der Waals surface area contributed by atoms with E-state index in [0.29, 0.717) is 35.7 Å². The number of aromatic nitrogens is 4. The van der Waals surface area contributed by atoms with Crippen molar-refractivity contribution in [2.45, 2.75) is 19.9 Å². The van der Waals surface area contributed by atoms with Gasteiger partial charge < -0.3 is 21.1 Å². The van der Waals surface area contributed by atoms with Crippen LogP contribution >= 0.6 is 0 Å². The molecular weight excluding hydrogens is 406 g/mol. The molecule has 9 nitrogen and oxygen atoms in total. The monoisotopic (exact) mass is 434 g/mol. The summed E-state index contributed by atoms with van der Waals surface area (Å²) in [7, 11) is 0. The molecule has 0 aliphatic heterocycles. The van der Waals surface area contributed by atoms with Crippen LogP contribution in [0.25, 0.3) is 10.9 Å². The minimum absolute atomic E-state index is 0.0372. The van der Waals surface area contributed by atoms with Gasteiger partial charge in [0, 0.05) is 47.9 Å². The van der Waals surface area contributed by atoms with Gasteiger partial charge in [-0.05, 0) is 36.0 Å². The van der Waals surface area contributed by atoms with Crippen LogP contribution in [-0.2, 0) is 11.3 Å². The van der Waals surface area contributed by atoms with E-state index in [1.54, 1.807) is 18.3 Å². The molecule has 3 heterocycles. The van der Waals surface area contributed by atoms with E-state index in [4.69, 9.17) is 9.22 Å². The zero-order valence-electron chi connectivity index (χ0n) is 20.5. The Labute approximate surface area is 190 Å². The number of anilines is 2. The first kappa shape index (κ1) is 18.0. The Bertz CT molecular complexity index is 1290. The van der Waals surface area contributed by atoms with E-state index < -0.39 is 6.98 Å². The SMILES string of the molecule is [2H]C([2H])([2H])Nc1ncc(C#Cc2ccc(CNCCO)cn2)c2cc(NC(=O)[C@H]3C[C@H]3C)nnc12. The second kappa shape index (κ2) is 9.68. The van der Waals surface area contributed by atoms with E-state index in [2.05, 4.69) is 48.0 Å². The third kappa shape index (κ3) is 4.99. The van der Waals surface area contributed by atoms with Crippen molar-refractivity contribution < 1.29 is 14.0 Å². The van der Waals surface area contributed by atoms with Crippen LogP contribution in [-0.4, -0.2) is 51.3 Å². The molecule has 2 atom stereocenters. The van der Waals surface area contributed by atoms with Crippen LogP contribution in [0, 0.1) is 23.7 Å². The number of nitrogens with one attached hydrogen (secondary N) is 3. The number of amides is 1. The molecule has 0 aromatic carbocycles. The number of pyridine rings is 2. The maximum Gasteiger partial charge on any atom is 0.228 e. The molecule has 0 bridgehead atoms. The highest BCUT2D eigenvalue weighted by molar-refractivity contribution is 5.97. The molecule has 9 heteroatoms. The summed E-state index contributed by atoms with van der Waals surface area (Å²) in [5.41, 5.74) is 2.20. The first-order chi connectivity index (χ1) is 16.7. The fraction of sp³-hybridized carbons (Fsp3) is 0.348. The highest BCUT2D eigenvalue weighted by atomic mass is 16.3. The van der Waals surface area contributed by atoms with Gasteiger partial charge in [-0.3, -0.25) is 4.79 Å². The number of nitrogens with zero attached hydrogens (tertiary/aromatic N) is 4. The lowest BCUT2D eigenvalue weighted by Gasteiger charge is -2.08. The molecule has 0 spiro atoms. The van der Waals surface area contributed by atoms with Crippen molar-refractivity contribution >= 4 is 28.4 Å². The second-order valence-electron chi connectivity index (χ2n) is 7.65. The topological polar surface area (TPSA) is 125 Å². The average molecular weight is 435 g/mol. The van der Waals surface area contributed by atoms with Crippen LogP contribution < -0.4 is 16.0 Å². The van der Waals surface area contributed by atoms with E-state index in [0.717, 1.165) is 12.0 Å². The van der Waals surface area contributed by atoms with Gasteiger partial charge in [-0.1, -0.05) is 18.9 Å². The van der Waals surface area contributed by atoms with Gasteiger partial charge in [-0.2, -0.15) is 0 Å². The maximum absolute atomic E-state index is 12.4. The molecular formula is C23H25N7O2. The van der Waals surface area contributed by atoms with E-state index >= 15 is 0 Å². The summed E-state index contributed by atoms with van der Waals surface area (Å²) in [5, 5.41) is 25.7. The van der Waals surface area contributed by atoms with Crippen LogP contribution in [0.2, 0.25) is 0 Å². The molecule has 0 saturated heterocycles. The molecule has 1 aliphatic carbocycles. The molecule has 1 amide bonds. The van der Waals surface area contributed by atoms with E-state index in [1.807, 2.05) is 13.0 Å². The predicted octanol–water partition coefficient (Wildman–Crippen LogP) is 1.54. The van der Waals surface area contributed by atoms with Gasteiger partial charge in [0.1, 0.15) is 11.2 Å². The lowest BCUT2D eigenvalue weighted by Crippen LogP contribution is -2.17. The van der Waals surface area contributed by atoms with E-state index in [-0.39, 0.29) is 35.6 Å². The molecule has 1 fully saturated rings. The van der Waals surface area contributed by atoms with E-state index in [1.165, 1.54) is 6.20 Å². The summed E-state index contributed by atoms with van der Waals surface area (Å²) < 4.78 is 22.5. The van der Waals surface area contributed by atoms with Crippen molar-refractivity contribution in [3.05, 3.63) is 47.4 Å². The minimum Gasteiger partial charge on any atom is -0.395 e. The van der Waals surface area contributed by atoms with Crippen LogP contribution in [0.3, 0.4) is 0 Å². The Hall–Kier alpha value is -3.61. The molecule has 0 unspecified atom stereocenters. The van der Waals surface area contributed by atoms with Gasteiger partial charge in [0.25, 0.3) is 0 Å². The lowest BCUT2D eigenvalue weighted by molar-refractivity contribution is -0.117. The zero-order chi connectivity index (χ0) is 25.0. The number of carbonyl (C=O) groups excluding carboxylic acids is 1. The Morgan fingerprint density at radius 3 is 2.88 bits per heavy atom. The number of fused-ring (bicyclic) bond motifs is 1. The second-order valence-corrected chi connectivity index (χ2v) is 7.65. The van der Waals surface area contributed by atoms with Crippen LogP contribution in [0.1, 0.15) is 34.3 Å². The maximum atomic E-state index is 12.4. The fourth-order valence-electron chi connectivity index (χ4n) is 3.24. The summed E-state index contributed by atoms with van der Waals surface area (Å²) in [6, 6.07) is 5.29. The first-order valence-electron chi connectivity index (χ1n) is 11.8. The zero-order valence-corrected chi connectivity index (χ0v) is 17.5. The smallest absolute Gasteiger partial charge is 0.228 e. The molecule has 164 valence electrons. The Morgan fingerprint density at radius 1 is 1.28 bits per heavy atom. The third-order valence-corrected chi connectivity index (χ3v) is 5.21. The van der Waals surface area contributed by atoms with Gasteiger partial charge in [-0.25, -0.2) is 9.97 Å². The number of hydrogen-bond donors (Lipinski definition) is 4. The highest BCUT2D eigenvalue weighted by Crippen LogP contribution is 2.38. The van der Waals surface area contributed by atoms with Gasteiger partial charge in [0.2, 0.25) is 5.91 Å². The molecule has 4 rings (SSSR count). The van der Waals surface area contributed by atoms with Gasteiger partial charge in [0.15, 0.2) is 11.6 Å². The standard InChI is InChI=1S/C23H25N7O2/c1-14-9-18(14)23(32)28-20-10-19-16(13-27-22(24-2)21(19)30-29-20)4-6-17-5-3-15(12-26-17)11-25-7-8-31/h3,5,10,12-14,18,25,31H,7-9,11H2,1-2H3,(H,24,27)(H,28,29,32)/t14-,18+/m1/s1/i2D3. The first-order valence-corrected chi connectivity index (χ1v) is 10.3. The molecule has 32 heavy (non-hydrogen) atoms. The molecule has 3 aromatic rings. The van der Waals surface area contributed by atoms with Crippen molar-refractivity contribution in [2.24, 2.45) is 11.8 Å². The third-order valence-electron chi connectivity index (χ3n) is 5.21. The number of aliphatic hydroxyl groups is 1. The molecule has 1 aliphatic rings. The summed E-state index contributed by atoms with van der Waals surface area (Å²) >= 11 is 0. The van der Waals surface area contributed by atoms with Crippen molar-refractivity contribution in [2.75, 3.05) is 30.8 Å². The van der Waals surface area contributed by atoms with Gasteiger partial charge in [-0.15, -0.1) is 10.2 Å². The quantitative estimate of drug-likeness (QED) is 0.326. The van der Waals surface area contributed by atoms with Crippen molar-refractivity contribution in [3.8, 4) is 11.8 Å². The summed E-state index contributed by atoms with van der Waals surface area (Å²) in [6.45, 7) is 0.686. The van der Waals surface area contributed by atoms with Gasteiger partial charge in [0.05, 0.1) is 12.2 Å². The predicted molar refractivity (Wildman–Crippen MR) is 122 cm³/mol. The molecule has 4 N–H and O–H groups in total. The Balaban J connectivity index is 1.64. The number of rotatable bonds is 7. The summed E-state index contributed by atoms with van der Waals surface area (Å²) in [5.74, 6) is 6.49. The lowest BCUT2D eigenvalue weighted by atomic mass is 10.1. The largest absolute Gasteiger partial charge is 0.395 e. The molecule has 1 saturated carbocycles. The number of carbonyl (C=O) groups is 1. The van der Waals surface area contributed by atoms with Crippen molar-refractivity contribution in [3.63, 3.8) is 0 Å². The van der Waals surface area contributed by atoms with Crippen LogP contribution in [0.5, 0.6) is 0 Å². The number of hydrogen-bond acceptors (Lipinski definition) is 8.